The molecule has 5 rings (SSSR count). The van der Waals surface area contributed by atoms with Crippen LogP contribution in [0.15, 0.2) is 72.8 Å². The van der Waals surface area contributed by atoms with Crippen LogP contribution in [0.1, 0.15) is 28.9 Å². The first-order valence-electron chi connectivity index (χ1n) is 14.2. The van der Waals surface area contributed by atoms with Crippen LogP contribution >= 0.6 is 23.2 Å². The summed E-state index contributed by atoms with van der Waals surface area (Å²) < 4.78 is 20.7. The lowest BCUT2D eigenvalue weighted by molar-refractivity contribution is -0.126. The summed E-state index contributed by atoms with van der Waals surface area (Å²) in [4.78, 5) is 28.3. The summed E-state index contributed by atoms with van der Waals surface area (Å²) in [5.41, 5.74) is 9.21. The Morgan fingerprint density at radius 1 is 1.00 bits per heavy atom. The highest BCUT2D eigenvalue weighted by molar-refractivity contribution is 6.36. The number of likely N-dealkylation sites (tertiary alicyclic amines) is 1. The predicted molar refractivity (Wildman–Crippen MR) is 169 cm³/mol. The maximum Gasteiger partial charge on any atom is 0.270 e. The van der Waals surface area contributed by atoms with Crippen molar-refractivity contribution >= 4 is 35.0 Å². The van der Waals surface area contributed by atoms with Crippen molar-refractivity contribution in [2.75, 3.05) is 26.3 Å². The molecule has 0 radical (unpaired) electrons. The molecular weight excluding hydrogens is 606 g/mol. The van der Waals surface area contributed by atoms with E-state index in [1.165, 1.54) is 12.1 Å². The summed E-state index contributed by atoms with van der Waals surface area (Å²) in [7, 11) is 1.83. The number of rotatable bonds is 10. The molecule has 4 aromatic rings. The number of nitrogens with zero attached hydrogens (tertiary/aromatic N) is 2. The van der Waals surface area contributed by atoms with Crippen LogP contribution in [0.25, 0.3) is 22.4 Å². The Hall–Kier alpha value is -3.89. The van der Waals surface area contributed by atoms with Crippen LogP contribution in [-0.4, -0.2) is 58.2 Å². The number of hydrogen-bond donors (Lipinski definition) is 3. The summed E-state index contributed by atoms with van der Waals surface area (Å²) >= 11 is 12.8. The number of carbonyl (C=O) groups excluding carboxylic acids is 2. The number of nitrogens with one attached hydrogen (secondary N) is 1. The van der Waals surface area contributed by atoms with Crippen molar-refractivity contribution in [1.82, 2.24) is 14.8 Å². The maximum atomic E-state index is 14.0. The summed E-state index contributed by atoms with van der Waals surface area (Å²) in [5, 5.41) is 13.3. The van der Waals surface area contributed by atoms with Crippen molar-refractivity contribution in [3.63, 3.8) is 0 Å². The van der Waals surface area contributed by atoms with Gasteiger partial charge in [0.25, 0.3) is 5.91 Å². The molecule has 8 nitrogen and oxygen atoms in total. The molecule has 1 aromatic heterocycles. The Morgan fingerprint density at radius 3 is 2.30 bits per heavy atom. The summed E-state index contributed by atoms with van der Waals surface area (Å²) in [6.07, 6.45) is 0.662. The Balaban J connectivity index is 1.42. The van der Waals surface area contributed by atoms with E-state index < -0.39 is 11.4 Å². The van der Waals surface area contributed by atoms with E-state index in [1.807, 2.05) is 35.9 Å². The number of hydrogen-bond acceptors (Lipinski definition) is 5. The molecule has 0 unspecified atom stereocenters. The van der Waals surface area contributed by atoms with E-state index in [0.717, 1.165) is 27.9 Å². The second-order valence-electron chi connectivity index (χ2n) is 10.8. The van der Waals surface area contributed by atoms with Crippen molar-refractivity contribution in [2.24, 2.45) is 12.8 Å². The Labute approximate surface area is 265 Å². The Kier molecular flexibility index (Phi) is 9.60. The molecule has 11 heteroatoms. The number of amides is 2. The lowest BCUT2D eigenvalue weighted by Crippen LogP contribution is -2.61. The minimum Gasteiger partial charge on any atom is -0.491 e. The number of ether oxygens (including phenoxy) is 1. The zero-order valence-corrected chi connectivity index (χ0v) is 25.7. The number of piperidine rings is 1. The van der Waals surface area contributed by atoms with Gasteiger partial charge in [-0.25, -0.2) is 4.39 Å². The molecule has 4 N–H and O–H groups in total. The van der Waals surface area contributed by atoms with Gasteiger partial charge < -0.3 is 25.0 Å². The zero-order valence-electron chi connectivity index (χ0n) is 24.2. The molecular formula is C33H33Cl2FN4O4. The number of aliphatic hydroxyl groups is 1. The zero-order chi connectivity index (χ0) is 31.4. The standard InChI is InChI=1S/C33H33Cl2FN4O4/c1-39-29(31(42)40-14-12-33(13-15-40,32(37)43)38-20-21-2-7-24(36)8-3-21)19-27(26-11-6-23(34)18-28(26)35)30(39)22-4-9-25(10-5-22)44-17-16-41/h2-11,18-19,38,41H,12-17,20H2,1H3,(H2,37,43). The van der Waals surface area contributed by atoms with E-state index in [-0.39, 0.29) is 24.9 Å². The van der Waals surface area contributed by atoms with Gasteiger partial charge in [-0.05, 0) is 78.6 Å². The van der Waals surface area contributed by atoms with Gasteiger partial charge in [0.05, 0.1) is 12.3 Å². The summed E-state index contributed by atoms with van der Waals surface area (Å²) in [5.74, 6) is -0.401. The van der Waals surface area contributed by atoms with E-state index in [4.69, 9.17) is 38.8 Å². The topological polar surface area (TPSA) is 110 Å². The van der Waals surface area contributed by atoms with E-state index in [9.17, 15) is 14.0 Å². The van der Waals surface area contributed by atoms with Gasteiger partial charge in [0, 0.05) is 47.9 Å². The number of carbonyl (C=O) groups is 2. The van der Waals surface area contributed by atoms with Crippen LogP contribution < -0.4 is 15.8 Å². The molecule has 1 aliphatic rings. The van der Waals surface area contributed by atoms with Crippen LogP contribution in [0.4, 0.5) is 4.39 Å². The van der Waals surface area contributed by atoms with Gasteiger partial charge in [0.2, 0.25) is 5.91 Å². The number of benzene rings is 3. The fraction of sp³-hybridized carbons (Fsp3) is 0.273. The molecule has 0 aliphatic carbocycles. The third-order valence-electron chi connectivity index (χ3n) is 8.08. The van der Waals surface area contributed by atoms with Gasteiger partial charge in [0.15, 0.2) is 0 Å². The summed E-state index contributed by atoms with van der Waals surface area (Å²) in [6.45, 7) is 1.06. The van der Waals surface area contributed by atoms with Crippen LogP contribution in [0.2, 0.25) is 10.0 Å². The largest absolute Gasteiger partial charge is 0.491 e. The van der Waals surface area contributed by atoms with Crippen molar-refractivity contribution < 1.29 is 23.8 Å². The van der Waals surface area contributed by atoms with Gasteiger partial charge in [-0.1, -0.05) is 41.4 Å². The molecule has 0 saturated carbocycles. The minimum atomic E-state index is -0.994. The van der Waals surface area contributed by atoms with Crippen LogP contribution in [-0.2, 0) is 18.4 Å². The Morgan fingerprint density at radius 2 is 1.68 bits per heavy atom. The number of aliphatic hydroxyl groups excluding tert-OH is 1. The monoisotopic (exact) mass is 638 g/mol. The first-order chi connectivity index (χ1) is 21.1. The molecule has 0 spiro atoms. The molecule has 2 amide bonds. The van der Waals surface area contributed by atoms with Gasteiger partial charge >= 0.3 is 0 Å². The van der Waals surface area contributed by atoms with Crippen molar-refractivity contribution in [2.45, 2.75) is 24.9 Å². The highest BCUT2D eigenvalue weighted by atomic mass is 35.5. The van der Waals surface area contributed by atoms with Gasteiger partial charge in [0.1, 0.15) is 29.4 Å². The highest BCUT2D eigenvalue weighted by Gasteiger charge is 2.41. The molecule has 1 aliphatic heterocycles. The second-order valence-corrected chi connectivity index (χ2v) is 11.6. The third-order valence-corrected chi connectivity index (χ3v) is 8.63. The van der Waals surface area contributed by atoms with E-state index in [0.29, 0.717) is 54.0 Å². The van der Waals surface area contributed by atoms with Crippen molar-refractivity contribution in [1.29, 1.82) is 0 Å². The van der Waals surface area contributed by atoms with Crippen LogP contribution in [0.3, 0.4) is 0 Å². The number of primary amides is 1. The molecule has 0 bridgehead atoms. The smallest absolute Gasteiger partial charge is 0.270 e. The lowest BCUT2D eigenvalue weighted by Gasteiger charge is -2.40. The molecule has 1 saturated heterocycles. The second kappa shape index (κ2) is 13.4. The third kappa shape index (κ3) is 6.61. The highest BCUT2D eigenvalue weighted by Crippen LogP contribution is 2.40. The van der Waals surface area contributed by atoms with Crippen LogP contribution in [0, 0.1) is 5.82 Å². The number of nitrogens with two attached hydrogens (primary N) is 1. The van der Waals surface area contributed by atoms with E-state index >= 15 is 0 Å². The average Bonchev–Trinajstić information content (AvgIpc) is 3.36. The quantitative estimate of drug-likeness (QED) is 0.215. The molecule has 0 atom stereocenters. The molecule has 1 fully saturated rings. The normalized spacial score (nSPS) is 14.4. The molecule has 44 heavy (non-hydrogen) atoms. The van der Waals surface area contributed by atoms with Crippen LogP contribution in [0.5, 0.6) is 5.75 Å². The Bertz CT molecular complexity index is 1650. The minimum absolute atomic E-state index is 0.0916. The fourth-order valence-electron chi connectivity index (χ4n) is 5.58. The van der Waals surface area contributed by atoms with Crippen molar-refractivity contribution in [3.05, 3.63) is 99.9 Å². The van der Waals surface area contributed by atoms with Gasteiger partial charge in [-0.2, -0.15) is 0 Å². The SMILES string of the molecule is Cn1c(C(=O)N2CCC(NCc3ccc(F)cc3)(C(N)=O)CC2)cc(-c2ccc(Cl)cc2Cl)c1-c1ccc(OCCO)cc1. The fourth-order valence-corrected chi connectivity index (χ4v) is 6.09. The average molecular weight is 640 g/mol. The first-order valence-corrected chi connectivity index (χ1v) is 15.0. The molecule has 3 aromatic carbocycles. The van der Waals surface area contributed by atoms with Gasteiger partial charge in [-0.3, -0.25) is 14.9 Å². The maximum absolute atomic E-state index is 14.0. The molecule has 2 heterocycles. The first kappa shape index (κ1) is 31.5. The van der Waals surface area contributed by atoms with E-state index in [1.54, 1.807) is 41.3 Å². The molecule has 230 valence electrons. The number of halogens is 3. The van der Waals surface area contributed by atoms with Crippen molar-refractivity contribution in [3.8, 4) is 28.1 Å². The summed E-state index contributed by atoms with van der Waals surface area (Å²) in [6, 6.07) is 20.5. The van der Waals surface area contributed by atoms with E-state index in [2.05, 4.69) is 5.32 Å². The predicted octanol–water partition coefficient (Wildman–Crippen LogP) is 5.43. The van der Waals surface area contributed by atoms with Gasteiger partial charge in [-0.15, -0.1) is 0 Å². The number of aromatic nitrogens is 1. The lowest BCUT2D eigenvalue weighted by atomic mass is 9.86.